The van der Waals surface area contributed by atoms with Crippen molar-refractivity contribution < 1.29 is 13.2 Å². The molecule has 4 nitrogen and oxygen atoms in total. The first-order valence-corrected chi connectivity index (χ1v) is 10.3. The lowest BCUT2D eigenvalue weighted by molar-refractivity contribution is -0.132. The Bertz CT molecular complexity index is 679. The molecule has 1 aliphatic carbocycles. The average Bonchev–Trinajstić information content (AvgIpc) is 3.31. The molecule has 1 heterocycles. The van der Waals surface area contributed by atoms with Gasteiger partial charge in [0.1, 0.15) is 0 Å². The van der Waals surface area contributed by atoms with Crippen LogP contribution < -0.4 is 0 Å². The van der Waals surface area contributed by atoms with E-state index < -0.39 is 9.84 Å². The van der Waals surface area contributed by atoms with Crippen LogP contribution in [-0.2, 0) is 14.6 Å². The van der Waals surface area contributed by atoms with Crippen LogP contribution in [0.4, 0.5) is 0 Å². The van der Waals surface area contributed by atoms with Crippen molar-refractivity contribution in [3.63, 3.8) is 0 Å². The molecule has 2 fully saturated rings. The van der Waals surface area contributed by atoms with E-state index in [-0.39, 0.29) is 23.3 Å². The molecule has 1 amide bonds. The molecule has 0 N–H and O–H groups in total. The van der Waals surface area contributed by atoms with Crippen molar-refractivity contribution >= 4 is 15.7 Å². The molecule has 23 heavy (non-hydrogen) atoms. The smallest absolute Gasteiger partial charge is 0.226 e. The Kier molecular flexibility index (Phi) is 4.50. The summed E-state index contributed by atoms with van der Waals surface area (Å²) in [6, 6.07) is 8.58. The standard InChI is InChI=1S/C18H25NO3S/c1-13(2)14-4-6-15(7-5-14)16-12-17(16)18(20)19-8-3-10-23(21,22)11-9-19/h4-7,13,16-17H,3,8-12H2,1-2H3. The molecule has 1 aromatic rings. The molecule has 1 aliphatic heterocycles. The van der Waals surface area contributed by atoms with Crippen LogP contribution in [0, 0.1) is 5.92 Å². The second kappa shape index (κ2) is 6.27. The predicted octanol–water partition coefficient (Wildman–Crippen LogP) is 2.56. The highest BCUT2D eigenvalue weighted by molar-refractivity contribution is 7.91. The van der Waals surface area contributed by atoms with Gasteiger partial charge in [0.2, 0.25) is 5.91 Å². The zero-order valence-electron chi connectivity index (χ0n) is 13.9. The van der Waals surface area contributed by atoms with E-state index in [4.69, 9.17) is 0 Å². The van der Waals surface area contributed by atoms with Crippen LogP contribution in [0.5, 0.6) is 0 Å². The minimum absolute atomic E-state index is 0.0423. The van der Waals surface area contributed by atoms with Crippen molar-refractivity contribution in [1.29, 1.82) is 0 Å². The molecular formula is C18H25NO3S. The maximum Gasteiger partial charge on any atom is 0.226 e. The molecule has 0 radical (unpaired) electrons. The van der Waals surface area contributed by atoms with Gasteiger partial charge in [0.05, 0.1) is 11.5 Å². The molecule has 3 rings (SSSR count). The van der Waals surface area contributed by atoms with E-state index in [0.717, 1.165) is 6.42 Å². The second-order valence-electron chi connectivity index (χ2n) is 7.10. The second-order valence-corrected chi connectivity index (χ2v) is 9.40. The quantitative estimate of drug-likeness (QED) is 0.853. The highest BCUT2D eigenvalue weighted by atomic mass is 32.2. The number of carbonyl (C=O) groups excluding carboxylic acids is 1. The molecule has 126 valence electrons. The number of nitrogens with zero attached hydrogens (tertiary/aromatic N) is 1. The summed E-state index contributed by atoms with van der Waals surface area (Å²) in [4.78, 5) is 14.4. The molecule has 0 bridgehead atoms. The van der Waals surface area contributed by atoms with Gasteiger partial charge in [-0.25, -0.2) is 8.42 Å². The normalized spacial score (nSPS) is 26.8. The molecule has 1 saturated heterocycles. The van der Waals surface area contributed by atoms with Crippen molar-refractivity contribution in [3.05, 3.63) is 35.4 Å². The summed E-state index contributed by atoms with van der Waals surface area (Å²) in [5.74, 6) is 1.32. The molecule has 1 aromatic carbocycles. The van der Waals surface area contributed by atoms with E-state index >= 15 is 0 Å². The zero-order chi connectivity index (χ0) is 16.6. The van der Waals surface area contributed by atoms with Gasteiger partial charge in [-0.2, -0.15) is 0 Å². The molecule has 5 heteroatoms. The Balaban J connectivity index is 1.62. The van der Waals surface area contributed by atoms with Crippen molar-refractivity contribution in [2.45, 2.75) is 38.5 Å². The minimum Gasteiger partial charge on any atom is -0.341 e. The van der Waals surface area contributed by atoms with Crippen molar-refractivity contribution in [2.24, 2.45) is 5.92 Å². The van der Waals surface area contributed by atoms with Gasteiger partial charge >= 0.3 is 0 Å². The lowest BCUT2D eigenvalue weighted by Crippen LogP contribution is -2.35. The highest BCUT2D eigenvalue weighted by Crippen LogP contribution is 2.48. The monoisotopic (exact) mass is 335 g/mol. The largest absolute Gasteiger partial charge is 0.341 e. The predicted molar refractivity (Wildman–Crippen MR) is 91.2 cm³/mol. The van der Waals surface area contributed by atoms with Crippen molar-refractivity contribution in [3.8, 4) is 0 Å². The van der Waals surface area contributed by atoms with Crippen LogP contribution in [0.15, 0.2) is 24.3 Å². The van der Waals surface area contributed by atoms with Gasteiger partial charge in [-0.1, -0.05) is 38.1 Å². The summed E-state index contributed by atoms with van der Waals surface area (Å²) in [7, 11) is -2.96. The third-order valence-corrected chi connectivity index (χ3v) is 6.72. The Hall–Kier alpha value is -1.36. The van der Waals surface area contributed by atoms with E-state index in [1.807, 2.05) is 0 Å². The SMILES string of the molecule is CC(C)c1ccc(C2CC2C(=O)N2CCCS(=O)(=O)CC2)cc1. The lowest BCUT2D eigenvalue weighted by Gasteiger charge is -2.19. The Labute approximate surface area is 138 Å². The van der Waals surface area contributed by atoms with E-state index in [2.05, 4.69) is 38.1 Å². The molecule has 0 spiro atoms. The van der Waals surface area contributed by atoms with Gasteiger partial charge in [0.25, 0.3) is 0 Å². The molecule has 2 unspecified atom stereocenters. The summed E-state index contributed by atoms with van der Waals surface area (Å²) >= 11 is 0. The molecular weight excluding hydrogens is 310 g/mol. The van der Waals surface area contributed by atoms with E-state index in [1.165, 1.54) is 11.1 Å². The summed E-state index contributed by atoms with van der Waals surface area (Å²) in [6.07, 6.45) is 1.46. The first-order chi connectivity index (χ1) is 10.9. The third kappa shape index (κ3) is 3.77. The Morgan fingerprint density at radius 3 is 2.48 bits per heavy atom. The van der Waals surface area contributed by atoms with Crippen LogP contribution in [0.25, 0.3) is 0 Å². The Morgan fingerprint density at radius 2 is 1.83 bits per heavy atom. The number of rotatable bonds is 3. The minimum atomic E-state index is -2.96. The average molecular weight is 335 g/mol. The number of amides is 1. The number of hydrogen-bond acceptors (Lipinski definition) is 3. The Morgan fingerprint density at radius 1 is 1.13 bits per heavy atom. The number of benzene rings is 1. The number of sulfone groups is 1. The zero-order valence-corrected chi connectivity index (χ0v) is 14.7. The van der Waals surface area contributed by atoms with Crippen LogP contribution in [0.1, 0.15) is 49.7 Å². The third-order valence-electron chi connectivity index (χ3n) is 5.01. The molecule has 2 atom stereocenters. The topological polar surface area (TPSA) is 54.5 Å². The van der Waals surface area contributed by atoms with Crippen LogP contribution >= 0.6 is 0 Å². The van der Waals surface area contributed by atoms with E-state index in [9.17, 15) is 13.2 Å². The fourth-order valence-electron chi connectivity index (χ4n) is 3.36. The van der Waals surface area contributed by atoms with Gasteiger partial charge in [-0.3, -0.25) is 4.79 Å². The lowest BCUT2D eigenvalue weighted by atomic mass is 10.00. The summed E-state index contributed by atoms with van der Waals surface area (Å²) in [5, 5.41) is 0. The van der Waals surface area contributed by atoms with E-state index in [1.54, 1.807) is 4.90 Å². The van der Waals surface area contributed by atoms with Crippen molar-refractivity contribution in [1.82, 2.24) is 4.90 Å². The first kappa shape index (κ1) is 16.5. The molecule has 2 aliphatic rings. The maximum atomic E-state index is 12.6. The molecule has 0 aromatic heterocycles. The first-order valence-electron chi connectivity index (χ1n) is 8.46. The van der Waals surface area contributed by atoms with Crippen LogP contribution in [-0.4, -0.2) is 43.8 Å². The van der Waals surface area contributed by atoms with E-state index in [0.29, 0.717) is 31.3 Å². The summed E-state index contributed by atoms with van der Waals surface area (Å²) < 4.78 is 23.3. The molecule has 1 saturated carbocycles. The number of hydrogen-bond donors (Lipinski definition) is 0. The summed E-state index contributed by atoms with van der Waals surface area (Å²) in [5.41, 5.74) is 2.55. The maximum absolute atomic E-state index is 12.6. The van der Waals surface area contributed by atoms with Gasteiger partial charge in [0, 0.05) is 19.0 Å². The summed E-state index contributed by atoms with van der Waals surface area (Å²) in [6.45, 7) is 5.28. The van der Waals surface area contributed by atoms with Crippen molar-refractivity contribution in [2.75, 3.05) is 24.6 Å². The number of carbonyl (C=O) groups is 1. The van der Waals surface area contributed by atoms with Crippen LogP contribution in [0.3, 0.4) is 0 Å². The van der Waals surface area contributed by atoms with Gasteiger partial charge in [-0.15, -0.1) is 0 Å². The van der Waals surface area contributed by atoms with Gasteiger partial charge in [0.15, 0.2) is 9.84 Å². The fourth-order valence-corrected chi connectivity index (χ4v) is 4.63. The van der Waals surface area contributed by atoms with Crippen LogP contribution in [0.2, 0.25) is 0 Å². The fraction of sp³-hybridized carbons (Fsp3) is 0.611. The highest BCUT2D eigenvalue weighted by Gasteiger charge is 2.45. The van der Waals surface area contributed by atoms with Gasteiger partial charge in [-0.05, 0) is 35.8 Å². The van der Waals surface area contributed by atoms with Gasteiger partial charge < -0.3 is 4.90 Å².